The molecule has 0 saturated carbocycles. The van der Waals surface area contributed by atoms with Gasteiger partial charge in [-0.25, -0.2) is 4.79 Å². The van der Waals surface area contributed by atoms with Crippen molar-refractivity contribution in [2.45, 2.75) is 0 Å². The molecule has 1 aromatic rings. The van der Waals surface area contributed by atoms with Gasteiger partial charge in [0.25, 0.3) is 5.91 Å². The number of amides is 3. The van der Waals surface area contributed by atoms with E-state index in [0.29, 0.717) is 18.8 Å². The second-order valence-electron chi connectivity index (χ2n) is 3.96. The summed E-state index contributed by atoms with van der Waals surface area (Å²) in [5.74, 6) is 4.92. The first-order chi connectivity index (χ1) is 9.04. The van der Waals surface area contributed by atoms with E-state index in [1.165, 1.54) is 17.2 Å². The van der Waals surface area contributed by atoms with Crippen LogP contribution in [0.2, 0.25) is 0 Å². The van der Waals surface area contributed by atoms with E-state index in [1.54, 1.807) is 20.2 Å². The number of carbonyl (C=O) groups is 2. The highest BCUT2D eigenvalue weighted by Crippen LogP contribution is 2.05. The molecule has 3 amide bonds. The molecule has 0 saturated heterocycles. The molecule has 0 unspecified atom stereocenters. The van der Waals surface area contributed by atoms with Crippen molar-refractivity contribution in [3.05, 3.63) is 24.0 Å². The number of nitrogens with zero attached hydrogens (tertiary/aromatic N) is 2. The minimum absolute atomic E-state index is 0.207. The maximum absolute atomic E-state index is 11.7. The summed E-state index contributed by atoms with van der Waals surface area (Å²) in [6.45, 7) is 0.665. The van der Waals surface area contributed by atoms with Crippen molar-refractivity contribution in [1.82, 2.24) is 20.5 Å². The third-order valence-electron chi connectivity index (χ3n) is 2.25. The van der Waals surface area contributed by atoms with E-state index >= 15 is 0 Å². The van der Waals surface area contributed by atoms with Gasteiger partial charge in [0.2, 0.25) is 0 Å². The number of urea groups is 1. The van der Waals surface area contributed by atoms with E-state index in [1.807, 2.05) is 0 Å². The molecule has 19 heavy (non-hydrogen) atoms. The third-order valence-corrected chi connectivity index (χ3v) is 2.25. The molecule has 0 fully saturated rings. The maximum Gasteiger partial charge on any atom is 0.316 e. The second-order valence-corrected chi connectivity index (χ2v) is 3.96. The van der Waals surface area contributed by atoms with E-state index in [4.69, 9.17) is 5.84 Å². The van der Waals surface area contributed by atoms with Crippen LogP contribution in [0.5, 0.6) is 0 Å². The van der Waals surface area contributed by atoms with Crippen LogP contribution in [0.1, 0.15) is 10.5 Å². The summed E-state index contributed by atoms with van der Waals surface area (Å²) >= 11 is 0. The lowest BCUT2D eigenvalue weighted by molar-refractivity contribution is 0.0948. The predicted octanol–water partition coefficient (Wildman–Crippen LogP) is -0.632. The van der Waals surface area contributed by atoms with Crippen LogP contribution < -0.4 is 21.9 Å². The van der Waals surface area contributed by atoms with Crippen LogP contribution in [0.15, 0.2) is 18.3 Å². The van der Waals surface area contributed by atoms with Crippen molar-refractivity contribution in [1.29, 1.82) is 0 Å². The van der Waals surface area contributed by atoms with E-state index in [-0.39, 0.29) is 17.6 Å². The minimum Gasteiger partial charge on any atom is -0.349 e. The monoisotopic (exact) mass is 266 g/mol. The van der Waals surface area contributed by atoms with Gasteiger partial charge in [0, 0.05) is 33.4 Å². The largest absolute Gasteiger partial charge is 0.349 e. The fourth-order valence-corrected chi connectivity index (χ4v) is 1.24. The summed E-state index contributed by atoms with van der Waals surface area (Å²) in [6, 6.07) is 2.98. The van der Waals surface area contributed by atoms with Crippen molar-refractivity contribution in [2.75, 3.05) is 32.6 Å². The standard InChI is InChI=1S/C11H18N6O2/c1-17(2)11(19)15-6-5-14-10(18)9-7-8(16-12)3-4-13-9/h3-4,7H,5-6,12H2,1-2H3,(H,13,16)(H,14,18)(H,15,19). The molecule has 0 aliphatic heterocycles. The minimum atomic E-state index is -0.323. The zero-order chi connectivity index (χ0) is 14.3. The molecule has 1 aromatic heterocycles. The van der Waals surface area contributed by atoms with Crippen LogP contribution in [-0.2, 0) is 0 Å². The molecule has 0 bridgehead atoms. The summed E-state index contributed by atoms with van der Waals surface area (Å²) in [7, 11) is 3.28. The van der Waals surface area contributed by atoms with E-state index in [0.717, 1.165) is 0 Å². The quantitative estimate of drug-likeness (QED) is 0.322. The van der Waals surface area contributed by atoms with E-state index < -0.39 is 0 Å². The maximum atomic E-state index is 11.7. The molecule has 8 heteroatoms. The molecule has 0 aliphatic rings. The topological polar surface area (TPSA) is 112 Å². The molecule has 0 radical (unpaired) electrons. The Morgan fingerprint density at radius 3 is 2.63 bits per heavy atom. The molecule has 5 N–H and O–H groups in total. The van der Waals surface area contributed by atoms with Gasteiger partial charge in [-0.2, -0.15) is 0 Å². The SMILES string of the molecule is CN(C)C(=O)NCCNC(=O)c1cc(NN)ccn1. The lowest BCUT2D eigenvalue weighted by Gasteiger charge is -2.12. The summed E-state index contributed by atoms with van der Waals surface area (Å²) < 4.78 is 0. The number of pyridine rings is 1. The number of nitrogens with two attached hydrogens (primary N) is 1. The number of rotatable bonds is 5. The number of hydrazine groups is 1. The smallest absolute Gasteiger partial charge is 0.316 e. The van der Waals surface area contributed by atoms with E-state index in [2.05, 4.69) is 21.0 Å². The highest BCUT2D eigenvalue weighted by molar-refractivity contribution is 5.93. The van der Waals surface area contributed by atoms with Gasteiger partial charge in [0.05, 0.1) is 5.69 Å². The normalized spacial score (nSPS) is 9.63. The molecular formula is C11H18N6O2. The first-order valence-corrected chi connectivity index (χ1v) is 5.70. The van der Waals surface area contributed by atoms with Gasteiger partial charge in [-0.15, -0.1) is 0 Å². The predicted molar refractivity (Wildman–Crippen MR) is 71.5 cm³/mol. The Kier molecular flexibility index (Phi) is 5.55. The number of nitrogen functional groups attached to an aromatic ring is 1. The molecule has 8 nitrogen and oxygen atoms in total. The fourth-order valence-electron chi connectivity index (χ4n) is 1.24. The van der Waals surface area contributed by atoms with Crippen molar-refractivity contribution in [3.8, 4) is 0 Å². The molecule has 0 atom stereocenters. The fraction of sp³-hybridized carbons (Fsp3) is 0.364. The summed E-state index contributed by atoms with van der Waals surface area (Å²) in [5.41, 5.74) is 3.29. The average molecular weight is 266 g/mol. The molecular weight excluding hydrogens is 248 g/mol. The molecule has 0 aliphatic carbocycles. The number of anilines is 1. The molecule has 1 heterocycles. The van der Waals surface area contributed by atoms with Crippen molar-refractivity contribution in [2.24, 2.45) is 5.84 Å². The first kappa shape index (κ1) is 14.7. The highest BCUT2D eigenvalue weighted by atomic mass is 16.2. The Bertz CT molecular complexity index is 449. The number of aromatic nitrogens is 1. The molecule has 104 valence electrons. The number of nitrogens with one attached hydrogen (secondary N) is 3. The Labute approximate surface area is 111 Å². The summed E-state index contributed by atoms with van der Waals surface area (Å²) in [4.78, 5) is 28.3. The lowest BCUT2D eigenvalue weighted by atomic mass is 10.3. The second kappa shape index (κ2) is 7.17. The van der Waals surface area contributed by atoms with Gasteiger partial charge < -0.3 is 21.0 Å². The molecule has 0 aromatic carbocycles. The van der Waals surface area contributed by atoms with Crippen LogP contribution in [-0.4, -0.2) is 49.0 Å². The third kappa shape index (κ3) is 4.80. The van der Waals surface area contributed by atoms with E-state index in [9.17, 15) is 9.59 Å². The van der Waals surface area contributed by atoms with Gasteiger partial charge in [0.15, 0.2) is 0 Å². The van der Waals surface area contributed by atoms with Gasteiger partial charge in [-0.3, -0.25) is 15.6 Å². The van der Waals surface area contributed by atoms with Crippen LogP contribution in [0.3, 0.4) is 0 Å². The van der Waals surface area contributed by atoms with Crippen molar-refractivity contribution >= 4 is 17.6 Å². The number of carbonyl (C=O) groups excluding carboxylic acids is 2. The Morgan fingerprint density at radius 1 is 1.32 bits per heavy atom. The summed E-state index contributed by atoms with van der Waals surface area (Å²) in [6.07, 6.45) is 1.48. The highest BCUT2D eigenvalue weighted by Gasteiger charge is 2.07. The average Bonchev–Trinajstić information content (AvgIpc) is 2.42. The van der Waals surface area contributed by atoms with Gasteiger partial charge >= 0.3 is 6.03 Å². The van der Waals surface area contributed by atoms with Crippen LogP contribution in [0.4, 0.5) is 10.5 Å². The Balaban J connectivity index is 2.37. The molecule has 0 spiro atoms. The summed E-state index contributed by atoms with van der Waals surface area (Å²) in [5, 5.41) is 5.27. The number of hydrogen-bond acceptors (Lipinski definition) is 5. The Hall–Kier alpha value is -2.35. The van der Waals surface area contributed by atoms with Crippen LogP contribution in [0.25, 0.3) is 0 Å². The van der Waals surface area contributed by atoms with Gasteiger partial charge in [-0.05, 0) is 12.1 Å². The van der Waals surface area contributed by atoms with Crippen molar-refractivity contribution in [3.63, 3.8) is 0 Å². The Morgan fingerprint density at radius 2 is 2.00 bits per heavy atom. The van der Waals surface area contributed by atoms with Crippen LogP contribution >= 0.6 is 0 Å². The zero-order valence-corrected chi connectivity index (χ0v) is 10.9. The zero-order valence-electron chi connectivity index (χ0n) is 10.9. The molecule has 1 rings (SSSR count). The first-order valence-electron chi connectivity index (χ1n) is 5.70. The van der Waals surface area contributed by atoms with Gasteiger partial charge in [-0.1, -0.05) is 0 Å². The lowest BCUT2D eigenvalue weighted by Crippen LogP contribution is -2.39. The van der Waals surface area contributed by atoms with Gasteiger partial charge in [0.1, 0.15) is 5.69 Å². The number of hydrogen-bond donors (Lipinski definition) is 4. The van der Waals surface area contributed by atoms with Crippen LogP contribution in [0, 0.1) is 0 Å². The van der Waals surface area contributed by atoms with Crippen molar-refractivity contribution < 1.29 is 9.59 Å².